The van der Waals surface area contributed by atoms with Gasteiger partial charge >= 0.3 is 0 Å². The number of hydrogen-bond acceptors (Lipinski definition) is 2. The van der Waals surface area contributed by atoms with Gasteiger partial charge in [0.2, 0.25) is 0 Å². The van der Waals surface area contributed by atoms with Crippen LogP contribution in [0.15, 0.2) is 24.3 Å². The zero-order valence-corrected chi connectivity index (χ0v) is 12.5. The molecule has 20 heavy (non-hydrogen) atoms. The summed E-state index contributed by atoms with van der Waals surface area (Å²) in [5.41, 5.74) is 2.61. The van der Waals surface area contributed by atoms with Gasteiger partial charge in [-0.3, -0.25) is 0 Å². The third-order valence-corrected chi connectivity index (χ3v) is 3.55. The van der Waals surface area contributed by atoms with Crippen LogP contribution in [0.25, 0.3) is 11.1 Å². The van der Waals surface area contributed by atoms with Gasteiger partial charge < -0.3 is 5.11 Å². The van der Waals surface area contributed by atoms with Gasteiger partial charge in [0.15, 0.2) is 0 Å². The predicted molar refractivity (Wildman–Crippen MR) is 79.8 cm³/mol. The molecule has 0 bridgehead atoms. The van der Waals surface area contributed by atoms with Crippen LogP contribution in [0.3, 0.4) is 0 Å². The third-order valence-electron chi connectivity index (χ3n) is 3.04. The minimum Gasteiger partial charge on any atom is -0.396 e. The van der Waals surface area contributed by atoms with Crippen LogP contribution in [0.2, 0.25) is 10.3 Å². The first kappa shape index (κ1) is 15.2. The molecule has 1 aromatic heterocycles. The Kier molecular flexibility index (Phi) is 4.97. The molecule has 1 N–H and O–H groups in total. The molecule has 2 rings (SSSR count). The van der Waals surface area contributed by atoms with E-state index in [4.69, 9.17) is 28.3 Å². The minimum atomic E-state index is -0.325. The number of aliphatic hydroxyl groups is 1. The second-order valence-corrected chi connectivity index (χ2v) is 5.32. The van der Waals surface area contributed by atoms with Crippen LogP contribution in [0, 0.1) is 12.7 Å². The summed E-state index contributed by atoms with van der Waals surface area (Å²) in [5.74, 6) is -0.325. The van der Waals surface area contributed by atoms with Crippen LogP contribution in [0.1, 0.15) is 17.5 Å². The highest BCUT2D eigenvalue weighted by Crippen LogP contribution is 2.33. The quantitative estimate of drug-likeness (QED) is 0.847. The molecule has 2 nitrogen and oxygen atoms in total. The molecule has 0 aliphatic carbocycles. The van der Waals surface area contributed by atoms with Crippen molar-refractivity contribution in [2.45, 2.75) is 19.8 Å². The fourth-order valence-electron chi connectivity index (χ4n) is 2.08. The van der Waals surface area contributed by atoms with Gasteiger partial charge in [0.25, 0.3) is 0 Å². The number of rotatable bonds is 4. The summed E-state index contributed by atoms with van der Waals surface area (Å²) in [5, 5.41) is 9.43. The highest BCUT2D eigenvalue weighted by atomic mass is 35.5. The molecule has 0 radical (unpaired) electrons. The monoisotopic (exact) mass is 313 g/mol. The second-order valence-electron chi connectivity index (χ2n) is 4.57. The standard InChI is InChI=1S/C15H14Cl2FNO/c1-9-4-5-10(13(18)7-9)12-8-14(16)19-15(17)11(12)3-2-6-20/h4-5,7-8,20H,2-3,6H2,1H3. The maximum Gasteiger partial charge on any atom is 0.134 e. The summed E-state index contributed by atoms with van der Waals surface area (Å²) in [6.07, 6.45) is 1.05. The molecule has 1 heterocycles. The van der Waals surface area contributed by atoms with E-state index in [0.29, 0.717) is 29.5 Å². The summed E-state index contributed by atoms with van der Waals surface area (Å²) in [7, 11) is 0. The van der Waals surface area contributed by atoms with E-state index in [1.54, 1.807) is 12.1 Å². The Balaban J connectivity index is 2.59. The SMILES string of the molecule is Cc1ccc(-c2cc(Cl)nc(Cl)c2CCCO)c(F)c1. The van der Waals surface area contributed by atoms with E-state index < -0.39 is 0 Å². The van der Waals surface area contributed by atoms with Crippen molar-refractivity contribution in [2.24, 2.45) is 0 Å². The van der Waals surface area contributed by atoms with Crippen LogP contribution >= 0.6 is 23.2 Å². The molecule has 0 unspecified atom stereocenters. The lowest BCUT2D eigenvalue weighted by Gasteiger charge is -2.12. The van der Waals surface area contributed by atoms with E-state index in [1.165, 1.54) is 6.07 Å². The Morgan fingerprint density at radius 2 is 1.95 bits per heavy atom. The highest BCUT2D eigenvalue weighted by molar-refractivity contribution is 6.33. The largest absolute Gasteiger partial charge is 0.396 e. The summed E-state index contributed by atoms with van der Waals surface area (Å²) < 4.78 is 14.1. The van der Waals surface area contributed by atoms with E-state index in [-0.39, 0.29) is 22.7 Å². The molecule has 5 heteroatoms. The fourth-order valence-corrected chi connectivity index (χ4v) is 2.61. The molecule has 0 fully saturated rings. The zero-order chi connectivity index (χ0) is 14.7. The molecule has 0 spiro atoms. The van der Waals surface area contributed by atoms with Crippen molar-refractivity contribution < 1.29 is 9.50 Å². The van der Waals surface area contributed by atoms with Gasteiger partial charge in [0.05, 0.1) is 0 Å². The van der Waals surface area contributed by atoms with Crippen LogP contribution in [0.5, 0.6) is 0 Å². The minimum absolute atomic E-state index is 0.0365. The van der Waals surface area contributed by atoms with Crippen molar-refractivity contribution in [3.63, 3.8) is 0 Å². The second kappa shape index (κ2) is 6.53. The summed E-state index contributed by atoms with van der Waals surface area (Å²) in [4.78, 5) is 3.99. The molecular weight excluding hydrogens is 300 g/mol. The molecule has 0 atom stereocenters. The summed E-state index contributed by atoms with van der Waals surface area (Å²) in [6, 6.07) is 6.60. The Hall–Kier alpha value is -1.16. The van der Waals surface area contributed by atoms with Crippen LogP contribution < -0.4 is 0 Å². The fraction of sp³-hybridized carbons (Fsp3) is 0.267. The Morgan fingerprint density at radius 3 is 2.60 bits per heavy atom. The summed E-state index contributed by atoms with van der Waals surface area (Å²) in [6.45, 7) is 1.86. The number of nitrogens with zero attached hydrogens (tertiary/aromatic N) is 1. The average Bonchev–Trinajstić information content (AvgIpc) is 2.37. The Labute approximate surface area is 127 Å². The predicted octanol–water partition coefficient (Wildman–Crippen LogP) is 4.43. The third kappa shape index (κ3) is 3.29. The van der Waals surface area contributed by atoms with Crippen LogP contribution in [0.4, 0.5) is 4.39 Å². The lowest BCUT2D eigenvalue weighted by molar-refractivity contribution is 0.288. The van der Waals surface area contributed by atoms with Gasteiger partial charge in [0.1, 0.15) is 16.1 Å². The maximum atomic E-state index is 14.1. The normalized spacial score (nSPS) is 10.8. The van der Waals surface area contributed by atoms with Crippen molar-refractivity contribution in [1.29, 1.82) is 0 Å². The molecule has 2 aromatic rings. The lowest BCUT2D eigenvalue weighted by atomic mass is 9.97. The number of aromatic nitrogens is 1. The first-order chi connectivity index (χ1) is 9.52. The molecule has 0 amide bonds. The van der Waals surface area contributed by atoms with E-state index in [1.807, 2.05) is 13.0 Å². The van der Waals surface area contributed by atoms with Crippen molar-refractivity contribution in [2.75, 3.05) is 6.61 Å². The lowest BCUT2D eigenvalue weighted by Crippen LogP contribution is -1.98. The van der Waals surface area contributed by atoms with Gasteiger partial charge in [-0.05, 0) is 48.6 Å². The first-order valence-electron chi connectivity index (χ1n) is 6.25. The van der Waals surface area contributed by atoms with E-state index in [9.17, 15) is 4.39 Å². The number of hydrogen-bond donors (Lipinski definition) is 1. The van der Waals surface area contributed by atoms with Gasteiger partial charge in [-0.2, -0.15) is 0 Å². The van der Waals surface area contributed by atoms with E-state index >= 15 is 0 Å². The molecule has 0 aliphatic heterocycles. The Bertz CT molecular complexity index is 632. The number of halogens is 3. The van der Waals surface area contributed by atoms with Crippen LogP contribution in [-0.4, -0.2) is 16.7 Å². The van der Waals surface area contributed by atoms with Crippen molar-refractivity contribution in [1.82, 2.24) is 4.98 Å². The molecule has 0 saturated heterocycles. The molecule has 106 valence electrons. The maximum absolute atomic E-state index is 14.1. The van der Waals surface area contributed by atoms with Crippen molar-refractivity contribution in [3.05, 3.63) is 51.5 Å². The van der Waals surface area contributed by atoms with Gasteiger partial charge in [0, 0.05) is 12.2 Å². The Morgan fingerprint density at radius 1 is 1.20 bits per heavy atom. The number of aryl methyl sites for hydroxylation is 1. The zero-order valence-electron chi connectivity index (χ0n) is 11.0. The number of benzene rings is 1. The smallest absolute Gasteiger partial charge is 0.134 e. The molecular formula is C15H14Cl2FNO. The number of pyridine rings is 1. The first-order valence-corrected chi connectivity index (χ1v) is 7.01. The molecule has 0 aliphatic rings. The van der Waals surface area contributed by atoms with Gasteiger partial charge in [-0.1, -0.05) is 35.3 Å². The topological polar surface area (TPSA) is 33.1 Å². The summed E-state index contributed by atoms with van der Waals surface area (Å²) >= 11 is 12.0. The molecule has 1 aromatic carbocycles. The number of aliphatic hydroxyl groups excluding tert-OH is 1. The molecule has 0 saturated carbocycles. The van der Waals surface area contributed by atoms with Crippen LogP contribution in [-0.2, 0) is 6.42 Å². The van der Waals surface area contributed by atoms with Crippen molar-refractivity contribution >= 4 is 23.2 Å². The average molecular weight is 314 g/mol. The van der Waals surface area contributed by atoms with E-state index in [0.717, 1.165) is 5.56 Å². The van der Waals surface area contributed by atoms with E-state index in [2.05, 4.69) is 4.98 Å². The highest BCUT2D eigenvalue weighted by Gasteiger charge is 2.15. The van der Waals surface area contributed by atoms with Gasteiger partial charge in [-0.25, -0.2) is 9.37 Å². The van der Waals surface area contributed by atoms with Crippen molar-refractivity contribution in [3.8, 4) is 11.1 Å². The van der Waals surface area contributed by atoms with Gasteiger partial charge in [-0.15, -0.1) is 0 Å².